The van der Waals surface area contributed by atoms with Gasteiger partial charge in [0.1, 0.15) is 0 Å². The predicted octanol–water partition coefficient (Wildman–Crippen LogP) is 4.01. The first-order valence-electron chi connectivity index (χ1n) is 6.51. The number of nitro groups is 1. The summed E-state index contributed by atoms with van der Waals surface area (Å²) < 4.78 is 6.01. The Kier molecular flexibility index (Phi) is 3.69. The summed E-state index contributed by atoms with van der Waals surface area (Å²) in [5, 5.41) is 14.4. The van der Waals surface area contributed by atoms with Crippen molar-refractivity contribution in [3.05, 3.63) is 33.3 Å². The Morgan fingerprint density at radius 3 is 2.50 bits per heavy atom. The van der Waals surface area contributed by atoms with Crippen LogP contribution in [-0.2, 0) is 4.74 Å². The zero-order valence-corrected chi connectivity index (χ0v) is 12.8. The Labute approximate surface area is 123 Å². The Morgan fingerprint density at radius 1 is 1.40 bits per heavy atom. The van der Waals surface area contributed by atoms with Gasteiger partial charge in [-0.15, -0.1) is 0 Å². The van der Waals surface area contributed by atoms with Crippen LogP contribution in [0.3, 0.4) is 0 Å². The SMILES string of the molecule is CC1(C)CC(Nc2ccc([N+](=O)[O-])cc2Cl)C(C)(C)O1. The second kappa shape index (κ2) is 4.90. The average molecular weight is 299 g/mol. The molecule has 20 heavy (non-hydrogen) atoms. The first kappa shape index (κ1) is 15.1. The molecule has 1 N–H and O–H groups in total. The van der Waals surface area contributed by atoms with E-state index in [0.29, 0.717) is 10.7 Å². The summed E-state index contributed by atoms with van der Waals surface area (Å²) in [7, 11) is 0. The van der Waals surface area contributed by atoms with E-state index in [-0.39, 0.29) is 22.9 Å². The van der Waals surface area contributed by atoms with Gasteiger partial charge in [-0.2, -0.15) is 0 Å². The lowest BCUT2D eigenvalue weighted by Gasteiger charge is -2.28. The van der Waals surface area contributed by atoms with Gasteiger partial charge in [-0.1, -0.05) is 11.6 Å². The summed E-state index contributed by atoms with van der Waals surface area (Å²) in [6, 6.07) is 4.54. The number of hydrogen-bond acceptors (Lipinski definition) is 4. The van der Waals surface area contributed by atoms with E-state index in [0.717, 1.165) is 6.42 Å². The van der Waals surface area contributed by atoms with Crippen molar-refractivity contribution in [1.82, 2.24) is 0 Å². The number of halogens is 1. The molecule has 1 heterocycles. The van der Waals surface area contributed by atoms with Crippen LogP contribution in [-0.4, -0.2) is 22.2 Å². The smallest absolute Gasteiger partial charge is 0.271 e. The van der Waals surface area contributed by atoms with Crippen LogP contribution >= 0.6 is 11.6 Å². The fourth-order valence-electron chi connectivity index (χ4n) is 2.71. The molecule has 0 saturated carbocycles. The monoisotopic (exact) mass is 298 g/mol. The van der Waals surface area contributed by atoms with Crippen LogP contribution in [0.1, 0.15) is 34.1 Å². The third-order valence-electron chi connectivity index (χ3n) is 3.57. The first-order valence-corrected chi connectivity index (χ1v) is 6.89. The van der Waals surface area contributed by atoms with Gasteiger partial charge in [-0.05, 0) is 40.2 Å². The third kappa shape index (κ3) is 3.04. The number of ether oxygens (including phenoxy) is 1. The maximum absolute atomic E-state index is 10.7. The molecule has 0 bridgehead atoms. The normalized spacial score (nSPS) is 23.6. The minimum atomic E-state index is -0.457. The lowest BCUT2D eigenvalue weighted by molar-refractivity contribution is -0.384. The van der Waals surface area contributed by atoms with Crippen LogP contribution in [0.5, 0.6) is 0 Å². The number of hydrogen-bond donors (Lipinski definition) is 1. The molecule has 1 atom stereocenters. The topological polar surface area (TPSA) is 64.4 Å². The van der Waals surface area contributed by atoms with Gasteiger partial charge in [0, 0.05) is 12.1 Å². The van der Waals surface area contributed by atoms with Crippen molar-refractivity contribution >= 4 is 23.0 Å². The molecule has 1 aromatic rings. The average Bonchev–Trinajstić information content (AvgIpc) is 2.49. The molecule has 1 fully saturated rings. The van der Waals surface area contributed by atoms with Crippen molar-refractivity contribution in [3.63, 3.8) is 0 Å². The minimum Gasteiger partial charge on any atom is -0.378 e. The highest BCUT2D eigenvalue weighted by molar-refractivity contribution is 6.33. The largest absolute Gasteiger partial charge is 0.378 e. The molecule has 1 saturated heterocycles. The van der Waals surface area contributed by atoms with Gasteiger partial charge in [-0.25, -0.2) is 0 Å². The van der Waals surface area contributed by atoms with E-state index in [2.05, 4.69) is 5.32 Å². The molecule has 1 aromatic carbocycles. The molecule has 1 unspecified atom stereocenters. The Bertz CT molecular complexity index is 543. The number of nitrogens with zero attached hydrogens (tertiary/aromatic N) is 1. The lowest BCUT2D eigenvalue weighted by atomic mass is 9.94. The zero-order chi connectivity index (χ0) is 15.1. The standard InChI is InChI=1S/C14H19ClN2O3/c1-13(2)8-12(14(3,4)20-13)16-11-6-5-9(17(18)19)7-10(11)15/h5-7,12,16H,8H2,1-4H3. The maximum atomic E-state index is 10.7. The van der Waals surface area contributed by atoms with Gasteiger partial charge in [0.2, 0.25) is 0 Å². The van der Waals surface area contributed by atoms with Crippen molar-refractivity contribution < 1.29 is 9.66 Å². The lowest BCUT2D eigenvalue weighted by Crippen LogP contribution is -2.38. The number of anilines is 1. The number of benzene rings is 1. The zero-order valence-electron chi connectivity index (χ0n) is 12.1. The molecular weight excluding hydrogens is 280 g/mol. The Morgan fingerprint density at radius 2 is 2.05 bits per heavy atom. The van der Waals surface area contributed by atoms with E-state index < -0.39 is 4.92 Å². The highest BCUT2D eigenvalue weighted by atomic mass is 35.5. The van der Waals surface area contributed by atoms with Crippen LogP contribution < -0.4 is 5.32 Å². The molecule has 1 aliphatic rings. The van der Waals surface area contributed by atoms with Gasteiger partial charge in [0.05, 0.1) is 32.9 Å². The number of rotatable bonds is 3. The number of nitro benzene ring substituents is 1. The van der Waals surface area contributed by atoms with Crippen LogP contribution in [0.25, 0.3) is 0 Å². The van der Waals surface area contributed by atoms with E-state index >= 15 is 0 Å². The fourth-order valence-corrected chi connectivity index (χ4v) is 2.94. The fraction of sp³-hybridized carbons (Fsp3) is 0.571. The second-order valence-electron chi connectivity index (χ2n) is 6.29. The van der Waals surface area contributed by atoms with Gasteiger partial charge in [-0.3, -0.25) is 10.1 Å². The van der Waals surface area contributed by atoms with E-state index in [4.69, 9.17) is 16.3 Å². The molecule has 5 nitrogen and oxygen atoms in total. The van der Waals surface area contributed by atoms with E-state index in [9.17, 15) is 10.1 Å². The second-order valence-corrected chi connectivity index (χ2v) is 6.69. The van der Waals surface area contributed by atoms with Crippen molar-refractivity contribution in [1.29, 1.82) is 0 Å². The van der Waals surface area contributed by atoms with Gasteiger partial charge < -0.3 is 10.1 Å². The Balaban J connectivity index is 2.21. The number of nitrogens with one attached hydrogen (secondary N) is 1. The molecule has 0 amide bonds. The molecule has 2 rings (SSSR count). The predicted molar refractivity (Wildman–Crippen MR) is 79.4 cm³/mol. The molecule has 110 valence electrons. The number of non-ortho nitro benzene ring substituents is 1. The molecule has 0 aliphatic carbocycles. The van der Waals surface area contributed by atoms with Crippen molar-refractivity contribution in [3.8, 4) is 0 Å². The van der Waals surface area contributed by atoms with E-state index in [1.165, 1.54) is 12.1 Å². The summed E-state index contributed by atoms with van der Waals surface area (Å²) in [5.74, 6) is 0. The summed E-state index contributed by atoms with van der Waals surface area (Å²) in [6.45, 7) is 8.15. The van der Waals surface area contributed by atoms with Crippen LogP contribution in [0, 0.1) is 10.1 Å². The van der Waals surface area contributed by atoms with Crippen molar-refractivity contribution in [2.75, 3.05) is 5.32 Å². The molecule has 0 aromatic heterocycles. The molecular formula is C14H19ClN2O3. The van der Waals surface area contributed by atoms with Crippen molar-refractivity contribution in [2.45, 2.75) is 51.4 Å². The third-order valence-corrected chi connectivity index (χ3v) is 3.88. The van der Waals surface area contributed by atoms with E-state index in [1.54, 1.807) is 6.07 Å². The molecule has 6 heteroatoms. The summed E-state index contributed by atoms with van der Waals surface area (Å²) >= 11 is 6.11. The summed E-state index contributed by atoms with van der Waals surface area (Å²) in [4.78, 5) is 10.2. The van der Waals surface area contributed by atoms with Crippen LogP contribution in [0.15, 0.2) is 18.2 Å². The molecule has 0 radical (unpaired) electrons. The first-order chi connectivity index (χ1) is 9.11. The highest BCUT2D eigenvalue weighted by Crippen LogP contribution is 2.40. The minimum absolute atomic E-state index is 0.0113. The van der Waals surface area contributed by atoms with Gasteiger partial charge in [0.25, 0.3) is 5.69 Å². The molecule has 1 aliphatic heterocycles. The van der Waals surface area contributed by atoms with Crippen LogP contribution in [0.2, 0.25) is 5.02 Å². The summed E-state index contributed by atoms with van der Waals surface area (Å²) in [5.41, 5.74) is 0.155. The van der Waals surface area contributed by atoms with Crippen LogP contribution in [0.4, 0.5) is 11.4 Å². The van der Waals surface area contributed by atoms with Crippen molar-refractivity contribution in [2.24, 2.45) is 0 Å². The summed E-state index contributed by atoms with van der Waals surface area (Å²) in [6.07, 6.45) is 0.841. The highest BCUT2D eigenvalue weighted by Gasteiger charge is 2.45. The molecule has 0 spiro atoms. The quantitative estimate of drug-likeness (QED) is 0.676. The maximum Gasteiger partial charge on any atom is 0.271 e. The van der Waals surface area contributed by atoms with Gasteiger partial charge in [0.15, 0.2) is 0 Å². The van der Waals surface area contributed by atoms with E-state index in [1.807, 2.05) is 27.7 Å². The Hall–Kier alpha value is -1.33. The van der Waals surface area contributed by atoms with Gasteiger partial charge >= 0.3 is 0 Å².